The summed E-state index contributed by atoms with van der Waals surface area (Å²) in [5.74, 6) is -0.446. The average molecular weight is 382 g/mol. The molecule has 0 spiro atoms. The Morgan fingerprint density at radius 2 is 1.86 bits per heavy atom. The number of carbonyl (C=O) groups excluding carboxylic acids is 2. The van der Waals surface area contributed by atoms with Gasteiger partial charge in [0.25, 0.3) is 5.91 Å². The molecular formula is C22H25FN3O2+. The summed E-state index contributed by atoms with van der Waals surface area (Å²) in [6.07, 6.45) is 3.45. The fourth-order valence-electron chi connectivity index (χ4n) is 3.23. The Labute approximate surface area is 164 Å². The number of hydrogen-bond acceptors (Lipinski definition) is 2. The van der Waals surface area contributed by atoms with Crippen molar-refractivity contribution in [2.24, 2.45) is 0 Å². The van der Waals surface area contributed by atoms with E-state index in [1.54, 1.807) is 18.2 Å². The van der Waals surface area contributed by atoms with Crippen LogP contribution in [0.15, 0.2) is 54.6 Å². The molecule has 1 aliphatic heterocycles. The number of benzene rings is 2. The standard InChI is InChI=1S/C22H24FN3O2/c1-17-3-2-4-18(15-17)5-10-22(28)26-13-11-25(12-14-26)16-21(27)24-20-8-6-19(23)7-9-20/h2-10,15H,11-14,16H2,1H3,(H,24,27)/p+1/b10-5+. The molecule has 0 radical (unpaired) electrons. The van der Waals surface area contributed by atoms with Gasteiger partial charge in [-0.2, -0.15) is 0 Å². The topological polar surface area (TPSA) is 53.9 Å². The zero-order valence-corrected chi connectivity index (χ0v) is 16.0. The number of piperazine rings is 1. The van der Waals surface area contributed by atoms with E-state index in [4.69, 9.17) is 0 Å². The quantitative estimate of drug-likeness (QED) is 0.771. The predicted molar refractivity (Wildman–Crippen MR) is 107 cm³/mol. The Bertz CT molecular complexity index is 856. The third-order valence-corrected chi connectivity index (χ3v) is 4.78. The van der Waals surface area contributed by atoms with Gasteiger partial charge in [0.2, 0.25) is 5.91 Å². The normalized spacial score (nSPS) is 15.0. The van der Waals surface area contributed by atoms with Crippen LogP contribution in [0.5, 0.6) is 0 Å². The molecule has 146 valence electrons. The summed E-state index contributed by atoms with van der Waals surface area (Å²) in [7, 11) is 0. The largest absolute Gasteiger partial charge is 0.328 e. The lowest BCUT2D eigenvalue weighted by atomic mass is 10.1. The maximum Gasteiger partial charge on any atom is 0.279 e. The van der Waals surface area contributed by atoms with E-state index in [9.17, 15) is 14.0 Å². The molecular weight excluding hydrogens is 357 g/mol. The van der Waals surface area contributed by atoms with Crippen molar-refractivity contribution in [3.8, 4) is 0 Å². The number of amides is 2. The van der Waals surface area contributed by atoms with Gasteiger partial charge in [-0.15, -0.1) is 0 Å². The number of aryl methyl sites for hydroxylation is 1. The fraction of sp³-hybridized carbons (Fsp3) is 0.273. The summed E-state index contributed by atoms with van der Waals surface area (Å²) in [6, 6.07) is 13.7. The van der Waals surface area contributed by atoms with Crippen LogP contribution in [0, 0.1) is 12.7 Å². The molecule has 0 bridgehead atoms. The number of nitrogens with one attached hydrogen (secondary N) is 2. The lowest BCUT2D eigenvalue weighted by Gasteiger charge is -2.31. The Balaban J connectivity index is 1.44. The zero-order valence-electron chi connectivity index (χ0n) is 16.0. The van der Waals surface area contributed by atoms with Crippen LogP contribution in [0.4, 0.5) is 10.1 Å². The molecule has 2 amide bonds. The fourth-order valence-corrected chi connectivity index (χ4v) is 3.23. The molecule has 0 atom stereocenters. The molecule has 28 heavy (non-hydrogen) atoms. The molecule has 1 fully saturated rings. The average Bonchev–Trinajstić information content (AvgIpc) is 2.68. The number of quaternary nitrogens is 1. The SMILES string of the molecule is Cc1cccc(/C=C/C(=O)N2CC[NH+](CC(=O)Nc3ccc(F)cc3)CC2)c1. The van der Waals surface area contributed by atoms with Crippen molar-refractivity contribution < 1.29 is 18.9 Å². The van der Waals surface area contributed by atoms with Crippen molar-refractivity contribution in [1.29, 1.82) is 0 Å². The lowest BCUT2D eigenvalue weighted by Crippen LogP contribution is -3.15. The van der Waals surface area contributed by atoms with Gasteiger partial charge in [-0.25, -0.2) is 4.39 Å². The first-order chi connectivity index (χ1) is 13.5. The first-order valence-corrected chi connectivity index (χ1v) is 9.42. The van der Waals surface area contributed by atoms with E-state index in [0.717, 1.165) is 29.1 Å². The molecule has 0 aliphatic carbocycles. The van der Waals surface area contributed by atoms with E-state index < -0.39 is 0 Å². The molecule has 1 aliphatic rings. The Morgan fingerprint density at radius 3 is 2.54 bits per heavy atom. The van der Waals surface area contributed by atoms with Crippen LogP contribution in [0.25, 0.3) is 6.08 Å². The monoisotopic (exact) mass is 382 g/mol. The van der Waals surface area contributed by atoms with Crippen LogP contribution in [-0.4, -0.2) is 49.4 Å². The first-order valence-electron chi connectivity index (χ1n) is 9.42. The molecule has 2 aromatic rings. The Morgan fingerprint density at radius 1 is 1.14 bits per heavy atom. The van der Waals surface area contributed by atoms with Crippen LogP contribution in [0.2, 0.25) is 0 Å². The van der Waals surface area contributed by atoms with Crippen LogP contribution in [-0.2, 0) is 9.59 Å². The van der Waals surface area contributed by atoms with Gasteiger partial charge < -0.3 is 15.1 Å². The first kappa shape index (κ1) is 19.8. The van der Waals surface area contributed by atoms with Crippen LogP contribution >= 0.6 is 0 Å². The highest BCUT2D eigenvalue weighted by Crippen LogP contribution is 2.08. The lowest BCUT2D eigenvalue weighted by molar-refractivity contribution is -0.895. The van der Waals surface area contributed by atoms with Gasteiger partial charge in [0.15, 0.2) is 6.54 Å². The highest BCUT2D eigenvalue weighted by molar-refractivity contribution is 5.92. The van der Waals surface area contributed by atoms with Crippen LogP contribution in [0.3, 0.4) is 0 Å². The molecule has 1 saturated heterocycles. The molecule has 0 saturated carbocycles. The number of hydrogen-bond donors (Lipinski definition) is 2. The van der Waals surface area contributed by atoms with Crippen LogP contribution in [0.1, 0.15) is 11.1 Å². The second-order valence-electron chi connectivity index (χ2n) is 7.05. The van der Waals surface area contributed by atoms with Crippen molar-refractivity contribution in [3.05, 3.63) is 71.6 Å². The maximum absolute atomic E-state index is 12.9. The number of halogens is 1. The number of carbonyl (C=O) groups is 2. The molecule has 0 unspecified atom stereocenters. The Kier molecular flexibility index (Phi) is 6.55. The minimum absolute atomic E-state index is 0.00341. The smallest absolute Gasteiger partial charge is 0.279 e. The number of anilines is 1. The summed E-state index contributed by atoms with van der Waals surface area (Å²) in [5, 5.41) is 2.78. The van der Waals surface area contributed by atoms with Crippen molar-refractivity contribution in [2.45, 2.75) is 6.92 Å². The predicted octanol–water partition coefficient (Wildman–Crippen LogP) is 1.51. The second kappa shape index (κ2) is 9.28. The number of nitrogens with zero attached hydrogens (tertiary/aromatic N) is 1. The molecule has 5 nitrogen and oxygen atoms in total. The van der Waals surface area contributed by atoms with Gasteiger partial charge in [0.05, 0.1) is 26.2 Å². The summed E-state index contributed by atoms with van der Waals surface area (Å²) >= 11 is 0. The summed E-state index contributed by atoms with van der Waals surface area (Å²) in [4.78, 5) is 27.5. The molecule has 3 rings (SSSR count). The van der Waals surface area contributed by atoms with E-state index in [2.05, 4.69) is 5.32 Å². The number of rotatable bonds is 5. The third kappa shape index (κ3) is 5.76. The van der Waals surface area contributed by atoms with Gasteiger partial charge in [-0.05, 0) is 42.8 Å². The Hall–Kier alpha value is -2.99. The van der Waals surface area contributed by atoms with Gasteiger partial charge in [0.1, 0.15) is 5.82 Å². The van der Waals surface area contributed by atoms with E-state index >= 15 is 0 Å². The van der Waals surface area contributed by atoms with Gasteiger partial charge in [-0.3, -0.25) is 9.59 Å². The van der Waals surface area contributed by atoms with Gasteiger partial charge in [0, 0.05) is 11.8 Å². The minimum atomic E-state index is -0.333. The minimum Gasteiger partial charge on any atom is -0.328 e. The second-order valence-corrected chi connectivity index (χ2v) is 7.05. The van der Waals surface area contributed by atoms with Crippen molar-refractivity contribution >= 4 is 23.6 Å². The van der Waals surface area contributed by atoms with Gasteiger partial charge in [-0.1, -0.05) is 29.8 Å². The van der Waals surface area contributed by atoms with E-state index in [1.165, 1.54) is 12.1 Å². The maximum atomic E-state index is 12.9. The molecule has 2 N–H and O–H groups in total. The van der Waals surface area contributed by atoms with Crippen molar-refractivity contribution in [3.63, 3.8) is 0 Å². The molecule has 6 heteroatoms. The summed E-state index contributed by atoms with van der Waals surface area (Å²) in [5.41, 5.74) is 2.75. The molecule has 1 heterocycles. The van der Waals surface area contributed by atoms with E-state index in [1.807, 2.05) is 42.2 Å². The summed E-state index contributed by atoms with van der Waals surface area (Å²) < 4.78 is 12.9. The van der Waals surface area contributed by atoms with E-state index in [0.29, 0.717) is 25.3 Å². The highest BCUT2D eigenvalue weighted by Gasteiger charge is 2.24. The summed E-state index contributed by atoms with van der Waals surface area (Å²) in [6.45, 7) is 5.04. The zero-order chi connectivity index (χ0) is 19.9. The third-order valence-electron chi connectivity index (χ3n) is 4.78. The van der Waals surface area contributed by atoms with Gasteiger partial charge >= 0.3 is 0 Å². The highest BCUT2D eigenvalue weighted by atomic mass is 19.1. The van der Waals surface area contributed by atoms with Crippen molar-refractivity contribution in [1.82, 2.24) is 4.90 Å². The molecule has 2 aromatic carbocycles. The molecule has 0 aromatic heterocycles. The van der Waals surface area contributed by atoms with E-state index in [-0.39, 0.29) is 17.6 Å². The van der Waals surface area contributed by atoms with Crippen molar-refractivity contribution in [2.75, 3.05) is 38.0 Å². The van der Waals surface area contributed by atoms with Crippen LogP contribution < -0.4 is 10.2 Å².